The number of anilines is 1. The van der Waals surface area contributed by atoms with Crippen LogP contribution in [0.2, 0.25) is 0 Å². The van der Waals surface area contributed by atoms with Crippen molar-refractivity contribution in [2.24, 2.45) is 0 Å². The molecule has 4 rings (SSSR count). The molecule has 1 aliphatic heterocycles. The molecule has 1 aromatic heterocycles. The van der Waals surface area contributed by atoms with Crippen LogP contribution in [0.4, 0.5) is 5.69 Å². The highest BCUT2D eigenvalue weighted by atomic mass is 32.1. The van der Waals surface area contributed by atoms with Crippen LogP contribution in [-0.2, 0) is 11.3 Å². The number of quaternary nitrogens is 2. The van der Waals surface area contributed by atoms with E-state index in [0.717, 1.165) is 43.9 Å². The van der Waals surface area contributed by atoms with E-state index in [2.05, 4.69) is 23.5 Å². The van der Waals surface area contributed by atoms with Crippen LogP contribution in [0.3, 0.4) is 0 Å². The zero-order valence-corrected chi connectivity index (χ0v) is 15.5. The van der Waals surface area contributed by atoms with Crippen LogP contribution >= 0.6 is 11.3 Å². The van der Waals surface area contributed by atoms with E-state index in [1.54, 1.807) is 16.2 Å². The van der Waals surface area contributed by atoms with Crippen LogP contribution in [0.1, 0.15) is 5.01 Å². The number of nitrogens with zero attached hydrogens (tertiary/aromatic N) is 1. The molecule has 0 radical (unpaired) electrons. The molecule has 6 heteroatoms. The van der Waals surface area contributed by atoms with E-state index in [1.807, 2.05) is 36.4 Å². The molecule has 1 aliphatic rings. The van der Waals surface area contributed by atoms with Gasteiger partial charge >= 0.3 is 0 Å². The zero-order valence-electron chi connectivity index (χ0n) is 14.7. The number of carbonyl (C=O) groups is 1. The van der Waals surface area contributed by atoms with E-state index in [1.165, 1.54) is 14.6 Å². The molecule has 0 aliphatic carbocycles. The monoisotopic (exact) mass is 368 g/mol. The van der Waals surface area contributed by atoms with Gasteiger partial charge in [-0.1, -0.05) is 30.3 Å². The van der Waals surface area contributed by atoms with Gasteiger partial charge in [0.2, 0.25) is 0 Å². The average Bonchev–Trinajstić information content (AvgIpc) is 3.06. The molecule has 1 amide bonds. The summed E-state index contributed by atoms with van der Waals surface area (Å²) >= 11 is 1.80. The molecule has 134 valence electrons. The van der Waals surface area contributed by atoms with Crippen LogP contribution in [0.5, 0.6) is 0 Å². The molecule has 2 heterocycles. The molecule has 2 aromatic carbocycles. The van der Waals surface area contributed by atoms with Gasteiger partial charge in [-0.3, -0.25) is 4.79 Å². The molecule has 0 spiro atoms. The number of para-hydroxylation sites is 2. The lowest BCUT2D eigenvalue weighted by atomic mass is 10.3. The Bertz CT molecular complexity index is 839. The van der Waals surface area contributed by atoms with E-state index < -0.39 is 0 Å². The Morgan fingerprint density at radius 3 is 2.42 bits per heavy atom. The van der Waals surface area contributed by atoms with E-state index in [-0.39, 0.29) is 5.91 Å². The number of thiazole rings is 1. The first-order valence-electron chi connectivity index (χ1n) is 9.13. The number of aromatic nitrogens is 1. The third-order valence-electron chi connectivity index (χ3n) is 4.87. The molecule has 0 bridgehead atoms. The Morgan fingerprint density at radius 2 is 1.65 bits per heavy atom. The number of hydrogen-bond acceptors (Lipinski definition) is 3. The first kappa shape index (κ1) is 17.1. The number of rotatable bonds is 5. The highest BCUT2D eigenvalue weighted by Crippen LogP contribution is 2.20. The van der Waals surface area contributed by atoms with Crippen LogP contribution in [-0.4, -0.2) is 43.6 Å². The summed E-state index contributed by atoms with van der Waals surface area (Å²) in [5.74, 6) is 0.0980. The van der Waals surface area contributed by atoms with E-state index >= 15 is 0 Å². The van der Waals surface area contributed by atoms with Gasteiger partial charge in [-0.2, -0.15) is 0 Å². The van der Waals surface area contributed by atoms with E-state index in [0.29, 0.717) is 6.54 Å². The molecular weight excluding hydrogens is 344 g/mol. The largest absolute Gasteiger partial charge is 0.321 e. The lowest BCUT2D eigenvalue weighted by molar-refractivity contribution is -1.01. The lowest BCUT2D eigenvalue weighted by Gasteiger charge is -2.28. The minimum Gasteiger partial charge on any atom is -0.321 e. The number of benzene rings is 2. The summed E-state index contributed by atoms with van der Waals surface area (Å²) in [7, 11) is 0. The third-order valence-corrected chi connectivity index (χ3v) is 5.91. The van der Waals surface area contributed by atoms with Gasteiger partial charge in [-0.25, -0.2) is 4.98 Å². The first-order valence-corrected chi connectivity index (χ1v) is 9.94. The van der Waals surface area contributed by atoms with Crippen molar-refractivity contribution in [1.29, 1.82) is 0 Å². The Kier molecular flexibility index (Phi) is 5.24. The van der Waals surface area contributed by atoms with Gasteiger partial charge in [-0.05, 0) is 24.3 Å². The second-order valence-corrected chi connectivity index (χ2v) is 7.96. The van der Waals surface area contributed by atoms with Crippen LogP contribution < -0.4 is 15.1 Å². The summed E-state index contributed by atoms with van der Waals surface area (Å²) in [5.41, 5.74) is 1.98. The standard InChI is InChI=1S/C20H22N4OS/c25-19(21-16-6-2-1-3-7-16)14-23-10-12-24(13-11-23)15-20-22-17-8-4-5-9-18(17)26-20/h1-9H,10-15H2,(H,21,25)/p+2. The Morgan fingerprint density at radius 1 is 0.962 bits per heavy atom. The number of nitrogens with one attached hydrogen (secondary N) is 3. The Balaban J connectivity index is 1.25. The summed E-state index contributed by atoms with van der Waals surface area (Å²) in [5, 5.41) is 4.19. The van der Waals surface area contributed by atoms with Crippen molar-refractivity contribution >= 4 is 33.1 Å². The number of piperazine rings is 1. The topological polar surface area (TPSA) is 50.9 Å². The molecule has 1 saturated heterocycles. The van der Waals surface area contributed by atoms with E-state index in [9.17, 15) is 4.79 Å². The summed E-state index contributed by atoms with van der Waals surface area (Å²) in [6, 6.07) is 18.0. The molecule has 3 aromatic rings. The van der Waals surface area contributed by atoms with Gasteiger partial charge in [0, 0.05) is 5.69 Å². The van der Waals surface area contributed by atoms with Gasteiger partial charge < -0.3 is 15.1 Å². The average molecular weight is 369 g/mol. The number of carbonyl (C=O) groups excluding carboxylic acids is 1. The van der Waals surface area contributed by atoms with Crippen molar-refractivity contribution in [2.75, 3.05) is 38.0 Å². The molecule has 0 saturated carbocycles. The Hall–Kier alpha value is -2.28. The minimum atomic E-state index is 0.0980. The summed E-state index contributed by atoms with van der Waals surface area (Å²) < 4.78 is 1.27. The molecule has 3 N–H and O–H groups in total. The Labute approximate surface area is 157 Å². The van der Waals surface area contributed by atoms with Gasteiger partial charge in [0.25, 0.3) is 5.91 Å². The number of hydrogen-bond donors (Lipinski definition) is 3. The van der Waals surface area contributed by atoms with Crippen molar-refractivity contribution < 1.29 is 14.6 Å². The fraction of sp³-hybridized carbons (Fsp3) is 0.300. The maximum absolute atomic E-state index is 12.2. The minimum absolute atomic E-state index is 0.0980. The van der Waals surface area contributed by atoms with Gasteiger partial charge in [0.05, 0.1) is 10.2 Å². The van der Waals surface area contributed by atoms with Gasteiger partial charge in [0.1, 0.15) is 37.7 Å². The number of fused-ring (bicyclic) bond motifs is 1. The second-order valence-electron chi connectivity index (χ2n) is 6.84. The van der Waals surface area contributed by atoms with Crippen LogP contribution in [0, 0.1) is 0 Å². The summed E-state index contributed by atoms with van der Waals surface area (Å²) in [6.45, 7) is 5.77. The fourth-order valence-corrected chi connectivity index (χ4v) is 4.51. The van der Waals surface area contributed by atoms with Crippen molar-refractivity contribution in [3.8, 4) is 0 Å². The highest BCUT2D eigenvalue weighted by Gasteiger charge is 2.25. The smallest absolute Gasteiger partial charge is 0.279 e. The van der Waals surface area contributed by atoms with Gasteiger partial charge in [0.15, 0.2) is 6.54 Å². The summed E-state index contributed by atoms with van der Waals surface area (Å²) in [6.07, 6.45) is 0. The fourth-order valence-electron chi connectivity index (χ4n) is 3.47. The molecule has 0 unspecified atom stereocenters. The molecule has 1 fully saturated rings. The molecule has 26 heavy (non-hydrogen) atoms. The normalized spacial score (nSPS) is 20.2. The SMILES string of the molecule is O=C(C[NH+]1CC[NH+](Cc2nc3ccccc3s2)CC1)Nc1ccccc1. The zero-order chi connectivity index (χ0) is 17.8. The maximum Gasteiger partial charge on any atom is 0.279 e. The predicted molar refractivity (Wildman–Crippen MR) is 105 cm³/mol. The third kappa shape index (κ3) is 4.27. The summed E-state index contributed by atoms with van der Waals surface area (Å²) in [4.78, 5) is 19.9. The van der Waals surface area contributed by atoms with Crippen molar-refractivity contribution in [1.82, 2.24) is 4.98 Å². The predicted octanol–water partition coefficient (Wildman–Crippen LogP) is 0.218. The first-order chi connectivity index (χ1) is 12.8. The lowest BCUT2D eigenvalue weighted by Crippen LogP contribution is -3.28. The van der Waals surface area contributed by atoms with Crippen molar-refractivity contribution in [3.05, 3.63) is 59.6 Å². The molecule has 0 atom stereocenters. The maximum atomic E-state index is 12.2. The quantitative estimate of drug-likeness (QED) is 0.603. The van der Waals surface area contributed by atoms with E-state index in [4.69, 9.17) is 4.98 Å². The van der Waals surface area contributed by atoms with Crippen molar-refractivity contribution in [2.45, 2.75) is 6.54 Å². The van der Waals surface area contributed by atoms with Gasteiger partial charge in [-0.15, -0.1) is 11.3 Å². The van der Waals surface area contributed by atoms with Crippen molar-refractivity contribution in [3.63, 3.8) is 0 Å². The molecular formula is C20H24N4OS+2. The van der Waals surface area contributed by atoms with Crippen LogP contribution in [0.25, 0.3) is 10.2 Å². The molecule has 5 nitrogen and oxygen atoms in total. The van der Waals surface area contributed by atoms with Crippen LogP contribution in [0.15, 0.2) is 54.6 Å². The second kappa shape index (κ2) is 7.95. The highest BCUT2D eigenvalue weighted by molar-refractivity contribution is 7.18. The number of amides is 1.